The number of halogens is 2. The number of amidine groups is 1. The van der Waals surface area contributed by atoms with Gasteiger partial charge in [-0.1, -0.05) is 30.3 Å². The topological polar surface area (TPSA) is 123 Å². The van der Waals surface area contributed by atoms with E-state index in [1.54, 1.807) is 34.0 Å². The van der Waals surface area contributed by atoms with Crippen molar-refractivity contribution in [1.29, 1.82) is 0 Å². The van der Waals surface area contributed by atoms with Gasteiger partial charge in [-0.3, -0.25) is 24.9 Å². The van der Waals surface area contributed by atoms with Crippen molar-refractivity contribution < 1.29 is 18.4 Å². The largest absolute Gasteiger partial charge is 0.344 e. The van der Waals surface area contributed by atoms with Crippen LogP contribution in [0.3, 0.4) is 0 Å². The Labute approximate surface area is 239 Å². The maximum Gasteiger partial charge on any atom is 0.344 e. The number of rotatable bonds is 7. The molecule has 4 aromatic rings. The molecule has 14 heteroatoms. The van der Waals surface area contributed by atoms with Gasteiger partial charge in [-0.05, 0) is 35.9 Å². The molecule has 12 nitrogen and oxygen atoms in total. The number of anilines is 1. The number of carbonyl (C=O) groups excluding carboxylic acids is 2. The van der Waals surface area contributed by atoms with Crippen molar-refractivity contribution in [3.63, 3.8) is 0 Å². The predicted molar refractivity (Wildman–Crippen MR) is 151 cm³/mol. The van der Waals surface area contributed by atoms with Gasteiger partial charge in [-0.15, -0.1) is 15.8 Å². The molecule has 2 aliphatic rings. The molecule has 2 aromatic carbocycles. The molecule has 6 rings (SSSR count). The number of carbonyl (C=O) groups is 2. The minimum atomic E-state index is -2.80. The zero-order valence-electron chi connectivity index (χ0n) is 22.6. The lowest BCUT2D eigenvalue weighted by atomic mass is 10.0. The fourth-order valence-corrected chi connectivity index (χ4v) is 5.14. The molecule has 2 aliphatic heterocycles. The monoisotopic (exact) mass is 574 g/mol. The van der Waals surface area contributed by atoms with Crippen molar-refractivity contribution in [3.8, 4) is 5.69 Å². The highest BCUT2D eigenvalue weighted by molar-refractivity contribution is 5.94. The normalized spacial score (nSPS) is 16.4. The Morgan fingerprint density at radius 1 is 1.00 bits per heavy atom. The first-order valence-corrected chi connectivity index (χ1v) is 13.3. The molecule has 2 amide bonds. The van der Waals surface area contributed by atoms with Crippen LogP contribution in [-0.2, 0) is 4.79 Å². The minimum absolute atomic E-state index is 0.158. The number of pyridine rings is 1. The van der Waals surface area contributed by atoms with Gasteiger partial charge in [-0.2, -0.15) is 13.9 Å². The predicted octanol–water partition coefficient (Wildman–Crippen LogP) is 2.74. The molecule has 1 saturated heterocycles. The Kier molecular flexibility index (Phi) is 7.46. The first-order chi connectivity index (χ1) is 20.4. The average molecular weight is 575 g/mol. The second-order valence-corrected chi connectivity index (χ2v) is 9.91. The second-order valence-electron chi connectivity index (χ2n) is 9.91. The third-order valence-electron chi connectivity index (χ3n) is 7.09. The molecule has 2 aromatic heterocycles. The van der Waals surface area contributed by atoms with E-state index in [9.17, 15) is 18.4 Å². The van der Waals surface area contributed by atoms with Crippen LogP contribution >= 0.6 is 0 Å². The SMILES string of the molecule is CC(=O)Nc1ccc2nn(-c3ccnc(C(=O)N4CCN([C@H](C5=NN(C(F)F)NN5)c5ccccc5)CC4)c3)cc2c1. The van der Waals surface area contributed by atoms with Crippen LogP contribution < -0.4 is 16.3 Å². The summed E-state index contributed by atoms with van der Waals surface area (Å²) in [5, 5.41) is 12.7. The first-order valence-electron chi connectivity index (χ1n) is 13.3. The van der Waals surface area contributed by atoms with Crippen molar-refractivity contribution in [1.82, 2.24) is 40.6 Å². The number of benzene rings is 2. The first kappa shape index (κ1) is 27.2. The van der Waals surface area contributed by atoms with E-state index in [1.807, 2.05) is 48.7 Å². The van der Waals surface area contributed by atoms with Gasteiger partial charge in [0.1, 0.15) is 5.69 Å². The molecular weight excluding hydrogens is 546 g/mol. The fourth-order valence-electron chi connectivity index (χ4n) is 5.14. The van der Waals surface area contributed by atoms with Crippen LogP contribution in [0.5, 0.6) is 0 Å². The number of hydrazone groups is 1. The molecule has 0 aliphatic carbocycles. The minimum Gasteiger partial charge on any atom is -0.335 e. The number of hydrogen-bond acceptors (Lipinski definition) is 9. The molecule has 4 heterocycles. The van der Waals surface area contributed by atoms with Crippen molar-refractivity contribution in [2.24, 2.45) is 5.10 Å². The van der Waals surface area contributed by atoms with E-state index in [0.717, 1.165) is 16.5 Å². The summed E-state index contributed by atoms with van der Waals surface area (Å²) < 4.78 is 28.1. The highest BCUT2D eigenvalue weighted by atomic mass is 19.3. The van der Waals surface area contributed by atoms with E-state index < -0.39 is 12.6 Å². The number of piperazine rings is 1. The Morgan fingerprint density at radius 2 is 1.79 bits per heavy atom. The van der Waals surface area contributed by atoms with Gasteiger partial charge in [0.2, 0.25) is 5.91 Å². The number of hydrogen-bond donors (Lipinski definition) is 3. The molecule has 0 spiro atoms. The third-order valence-corrected chi connectivity index (χ3v) is 7.09. The molecule has 42 heavy (non-hydrogen) atoms. The molecular formula is C28H28F2N10O2. The molecule has 1 fully saturated rings. The van der Waals surface area contributed by atoms with E-state index in [-0.39, 0.29) is 17.5 Å². The van der Waals surface area contributed by atoms with Crippen LogP contribution in [-0.4, -0.2) is 80.1 Å². The van der Waals surface area contributed by atoms with Gasteiger partial charge >= 0.3 is 6.55 Å². The maximum absolute atomic E-state index is 13.5. The number of hydrazine groups is 2. The Morgan fingerprint density at radius 3 is 2.50 bits per heavy atom. The van der Waals surface area contributed by atoms with Crippen LogP contribution in [0.1, 0.15) is 29.0 Å². The standard InChI is InChI=1S/C28H28F2N10O2/c1-18(41)32-21-7-8-23-20(15-21)17-39(34-23)22-9-10-31-24(16-22)27(42)38-13-11-37(12-14-38)25(19-5-3-2-4-6-19)26-33-36-40(35-26)28(29)30/h2-10,15-17,25,28,36H,11-14H2,1H3,(H,32,41)(H,33,35)/t25-/m0/s1. The molecule has 0 radical (unpaired) electrons. The zero-order chi connectivity index (χ0) is 29.2. The summed E-state index contributed by atoms with van der Waals surface area (Å²) in [4.78, 5) is 33.0. The highest BCUT2D eigenvalue weighted by Gasteiger charge is 2.34. The quantitative estimate of drug-likeness (QED) is 0.288. The Bertz CT molecular complexity index is 1640. The smallest absolute Gasteiger partial charge is 0.335 e. The summed E-state index contributed by atoms with van der Waals surface area (Å²) in [7, 11) is 0. The van der Waals surface area contributed by atoms with Crippen LogP contribution in [0, 0.1) is 0 Å². The van der Waals surface area contributed by atoms with Crippen molar-refractivity contribution in [3.05, 3.63) is 84.3 Å². The van der Waals surface area contributed by atoms with E-state index in [4.69, 9.17) is 0 Å². The van der Waals surface area contributed by atoms with E-state index in [0.29, 0.717) is 48.5 Å². The number of nitrogens with zero attached hydrogens (tertiary/aromatic N) is 7. The van der Waals surface area contributed by atoms with E-state index >= 15 is 0 Å². The summed E-state index contributed by atoms with van der Waals surface area (Å²) in [6.45, 7) is 0.497. The summed E-state index contributed by atoms with van der Waals surface area (Å²) in [5.41, 5.74) is 8.44. The summed E-state index contributed by atoms with van der Waals surface area (Å²) in [5.74, 6) is -0.0134. The van der Waals surface area contributed by atoms with Gasteiger partial charge in [0.15, 0.2) is 5.84 Å². The number of alkyl halides is 2. The van der Waals surface area contributed by atoms with Crippen LogP contribution in [0.15, 0.2) is 78.2 Å². The second kappa shape index (κ2) is 11.5. The lowest BCUT2D eigenvalue weighted by Gasteiger charge is -2.39. The molecule has 3 N–H and O–H groups in total. The van der Waals surface area contributed by atoms with Gasteiger partial charge in [0.05, 0.1) is 17.2 Å². The van der Waals surface area contributed by atoms with Gasteiger partial charge < -0.3 is 10.2 Å². The molecule has 0 unspecified atom stereocenters. The van der Waals surface area contributed by atoms with Crippen molar-refractivity contribution >= 4 is 34.2 Å². The Balaban J connectivity index is 1.17. The van der Waals surface area contributed by atoms with Crippen LogP contribution in [0.25, 0.3) is 16.6 Å². The number of fused-ring (bicyclic) bond motifs is 1. The number of amides is 2. The summed E-state index contributed by atoms with van der Waals surface area (Å²) in [6, 6.07) is 18.0. The van der Waals surface area contributed by atoms with Gasteiger partial charge in [0.25, 0.3) is 5.91 Å². The third kappa shape index (κ3) is 5.62. The summed E-state index contributed by atoms with van der Waals surface area (Å²) in [6.07, 6.45) is 3.40. The van der Waals surface area contributed by atoms with Crippen LogP contribution in [0.2, 0.25) is 0 Å². The molecule has 0 bridgehead atoms. The lowest BCUT2D eigenvalue weighted by molar-refractivity contribution is -0.114. The van der Waals surface area contributed by atoms with Crippen molar-refractivity contribution in [2.45, 2.75) is 19.5 Å². The molecule has 216 valence electrons. The average Bonchev–Trinajstić information content (AvgIpc) is 3.66. The number of aromatic nitrogens is 3. The zero-order valence-corrected chi connectivity index (χ0v) is 22.6. The summed E-state index contributed by atoms with van der Waals surface area (Å²) >= 11 is 0. The fraction of sp³-hybridized carbons (Fsp3) is 0.250. The van der Waals surface area contributed by atoms with E-state index in [2.05, 4.69) is 36.4 Å². The highest BCUT2D eigenvalue weighted by Crippen LogP contribution is 2.26. The van der Waals surface area contributed by atoms with E-state index in [1.165, 1.54) is 6.92 Å². The van der Waals surface area contributed by atoms with Gasteiger partial charge in [-0.25, -0.2) is 4.68 Å². The van der Waals surface area contributed by atoms with Gasteiger partial charge in [0, 0.05) is 56.6 Å². The Hall–Kier alpha value is -4.95. The maximum atomic E-state index is 13.5. The van der Waals surface area contributed by atoms with Crippen molar-refractivity contribution in [2.75, 3.05) is 31.5 Å². The van der Waals surface area contributed by atoms with Crippen LogP contribution in [0.4, 0.5) is 14.5 Å². The molecule has 1 atom stereocenters. The molecule has 0 saturated carbocycles. The number of nitrogens with one attached hydrogen (secondary N) is 3. The lowest BCUT2D eigenvalue weighted by Crippen LogP contribution is -2.53.